The third-order valence-corrected chi connectivity index (χ3v) is 7.92. The van der Waals surface area contributed by atoms with Gasteiger partial charge in [0.15, 0.2) is 5.11 Å². The molecule has 2 N–H and O–H groups in total. The van der Waals surface area contributed by atoms with Gasteiger partial charge in [-0.1, -0.05) is 29.8 Å². The number of aromatic carboxylic acids is 1. The van der Waals surface area contributed by atoms with Crippen LogP contribution in [0.2, 0.25) is 0 Å². The quantitative estimate of drug-likeness (QED) is 0.195. The summed E-state index contributed by atoms with van der Waals surface area (Å²) in [6, 6.07) is 30.5. The third kappa shape index (κ3) is 5.12. The zero-order valence-corrected chi connectivity index (χ0v) is 24.3. The molecule has 1 aliphatic heterocycles. The molecule has 7 nitrogen and oxygen atoms in total. The van der Waals surface area contributed by atoms with Crippen molar-refractivity contribution in [1.29, 1.82) is 0 Å². The predicted octanol–water partition coefficient (Wildman–Crippen LogP) is 7.47. The van der Waals surface area contributed by atoms with Crippen LogP contribution in [0.5, 0.6) is 11.5 Å². The van der Waals surface area contributed by atoms with Crippen LogP contribution >= 0.6 is 12.2 Å². The van der Waals surface area contributed by atoms with E-state index in [1.165, 1.54) is 5.56 Å². The minimum atomic E-state index is -0.957. The number of hydrogen-bond acceptors (Lipinski definition) is 4. The zero-order chi connectivity index (χ0) is 29.4. The Morgan fingerprint density at radius 2 is 1.60 bits per heavy atom. The number of anilines is 1. The van der Waals surface area contributed by atoms with Gasteiger partial charge in [-0.05, 0) is 111 Å². The van der Waals surface area contributed by atoms with Crippen molar-refractivity contribution in [1.82, 2.24) is 14.9 Å². The molecule has 2 aromatic heterocycles. The molecule has 3 heterocycles. The lowest BCUT2D eigenvalue weighted by molar-refractivity contribution is 0.0697. The van der Waals surface area contributed by atoms with Gasteiger partial charge >= 0.3 is 5.97 Å². The number of rotatable bonds is 7. The highest BCUT2D eigenvalue weighted by atomic mass is 32.1. The van der Waals surface area contributed by atoms with Crippen LogP contribution in [-0.2, 0) is 0 Å². The first-order valence-electron chi connectivity index (χ1n) is 13.7. The summed E-state index contributed by atoms with van der Waals surface area (Å²) in [5, 5.41) is 13.7. The Morgan fingerprint density at radius 1 is 0.881 bits per heavy atom. The van der Waals surface area contributed by atoms with E-state index in [1.54, 1.807) is 24.4 Å². The van der Waals surface area contributed by atoms with E-state index in [9.17, 15) is 9.90 Å². The van der Waals surface area contributed by atoms with Crippen LogP contribution in [0.4, 0.5) is 5.69 Å². The van der Waals surface area contributed by atoms with Crippen LogP contribution in [0.15, 0.2) is 103 Å². The fraction of sp³-hybridized carbons (Fsp3) is 0.147. The fourth-order valence-electron chi connectivity index (χ4n) is 5.63. The van der Waals surface area contributed by atoms with E-state index >= 15 is 0 Å². The Labute approximate surface area is 250 Å². The van der Waals surface area contributed by atoms with Gasteiger partial charge in [-0.25, -0.2) is 4.79 Å². The number of nitrogens with one attached hydrogen (secondary N) is 1. The van der Waals surface area contributed by atoms with Crippen LogP contribution in [0, 0.1) is 20.8 Å². The number of pyridine rings is 1. The molecule has 210 valence electrons. The van der Waals surface area contributed by atoms with Gasteiger partial charge in [0.05, 0.1) is 23.3 Å². The van der Waals surface area contributed by atoms with Gasteiger partial charge in [0.2, 0.25) is 0 Å². The molecule has 0 unspecified atom stereocenters. The van der Waals surface area contributed by atoms with Crippen molar-refractivity contribution in [3.8, 4) is 17.2 Å². The summed E-state index contributed by atoms with van der Waals surface area (Å²) >= 11 is 5.93. The number of aryl methyl sites for hydroxylation is 2. The lowest BCUT2D eigenvalue weighted by atomic mass is 9.96. The molecule has 1 fully saturated rings. The number of nitrogens with zero attached hydrogens (tertiary/aromatic N) is 3. The summed E-state index contributed by atoms with van der Waals surface area (Å²) in [6.45, 7) is 6.13. The van der Waals surface area contributed by atoms with Gasteiger partial charge in [0, 0.05) is 29.0 Å². The SMILES string of the molecule is Cc1ccc(Oc2ccc(N3C(=S)N[C@H](c4ccccn4)[C@@H]3c3cc(C)n(-c4cccc(C(=O)O)c4)c3C)cc2)cc1. The van der Waals surface area contributed by atoms with E-state index in [4.69, 9.17) is 17.0 Å². The van der Waals surface area contributed by atoms with E-state index in [1.807, 2.05) is 86.6 Å². The molecule has 0 radical (unpaired) electrons. The zero-order valence-electron chi connectivity index (χ0n) is 23.5. The maximum Gasteiger partial charge on any atom is 0.335 e. The molecular formula is C34H30N4O3S. The minimum absolute atomic E-state index is 0.207. The molecule has 0 bridgehead atoms. The molecule has 1 saturated heterocycles. The lowest BCUT2D eigenvalue weighted by Crippen LogP contribution is -2.29. The first kappa shape index (κ1) is 27.2. The standard InChI is InChI=1S/C34H30N4O3S/c1-21-10-14-27(15-11-21)41-28-16-12-25(13-17-28)38-32(31(36-34(38)42)30-9-4-5-18-35-30)29-19-22(2)37(23(29)3)26-8-6-7-24(20-26)33(39)40/h4-20,31-32H,1-3H3,(H,36,42)(H,39,40)/t31-,32+/m1/s1. The smallest absolute Gasteiger partial charge is 0.335 e. The molecule has 3 aromatic carbocycles. The number of hydrogen-bond donors (Lipinski definition) is 2. The van der Waals surface area contributed by atoms with Gasteiger partial charge in [0.1, 0.15) is 11.5 Å². The highest BCUT2D eigenvalue weighted by Crippen LogP contribution is 2.44. The first-order valence-corrected chi connectivity index (χ1v) is 14.1. The van der Waals surface area contributed by atoms with Crippen molar-refractivity contribution in [3.63, 3.8) is 0 Å². The van der Waals surface area contributed by atoms with Crippen molar-refractivity contribution < 1.29 is 14.6 Å². The monoisotopic (exact) mass is 574 g/mol. The molecule has 1 aliphatic rings. The summed E-state index contributed by atoms with van der Waals surface area (Å²) in [5.74, 6) is 0.551. The van der Waals surface area contributed by atoms with Crippen molar-refractivity contribution >= 4 is 29.0 Å². The van der Waals surface area contributed by atoms with Crippen LogP contribution in [-0.4, -0.2) is 25.7 Å². The first-order chi connectivity index (χ1) is 20.3. The average molecular weight is 575 g/mol. The van der Waals surface area contributed by atoms with Crippen molar-refractivity contribution in [2.75, 3.05) is 4.90 Å². The number of aromatic nitrogens is 2. The average Bonchev–Trinajstić information content (AvgIpc) is 3.49. The predicted molar refractivity (Wildman–Crippen MR) is 168 cm³/mol. The minimum Gasteiger partial charge on any atom is -0.478 e. The Kier molecular flexibility index (Phi) is 7.22. The number of ether oxygens (including phenoxy) is 1. The second-order valence-corrected chi connectivity index (χ2v) is 10.8. The Bertz CT molecular complexity index is 1770. The highest BCUT2D eigenvalue weighted by Gasteiger charge is 2.42. The normalized spacial score (nSPS) is 16.4. The molecule has 5 aromatic rings. The molecule has 2 atom stereocenters. The van der Waals surface area contributed by atoms with E-state index in [0.717, 1.165) is 45.5 Å². The van der Waals surface area contributed by atoms with Gasteiger partial charge in [-0.15, -0.1) is 0 Å². The van der Waals surface area contributed by atoms with Crippen LogP contribution in [0.1, 0.15) is 50.7 Å². The molecule has 6 rings (SSSR count). The summed E-state index contributed by atoms with van der Waals surface area (Å²) in [4.78, 5) is 18.5. The number of carbonyl (C=O) groups is 1. The fourth-order valence-corrected chi connectivity index (χ4v) is 5.97. The van der Waals surface area contributed by atoms with Crippen LogP contribution in [0.3, 0.4) is 0 Å². The number of thiocarbonyl (C=S) groups is 1. The Hall–Kier alpha value is -4.95. The van der Waals surface area contributed by atoms with Crippen molar-refractivity contribution in [2.24, 2.45) is 0 Å². The number of carboxylic acid groups (broad SMARTS) is 1. The summed E-state index contributed by atoms with van der Waals surface area (Å²) in [6.07, 6.45) is 1.79. The van der Waals surface area contributed by atoms with E-state index in [2.05, 4.69) is 32.8 Å². The Morgan fingerprint density at radius 3 is 2.26 bits per heavy atom. The molecule has 0 saturated carbocycles. The van der Waals surface area contributed by atoms with Crippen LogP contribution < -0.4 is 15.0 Å². The second-order valence-electron chi connectivity index (χ2n) is 10.4. The Balaban J connectivity index is 1.41. The van der Waals surface area contributed by atoms with E-state index in [-0.39, 0.29) is 17.6 Å². The van der Waals surface area contributed by atoms with Gasteiger partial charge < -0.3 is 24.6 Å². The molecule has 42 heavy (non-hydrogen) atoms. The molecule has 0 amide bonds. The van der Waals surface area contributed by atoms with E-state index < -0.39 is 5.97 Å². The maximum absolute atomic E-state index is 11.7. The van der Waals surface area contributed by atoms with Gasteiger partial charge in [0.25, 0.3) is 0 Å². The van der Waals surface area contributed by atoms with Gasteiger partial charge in [-0.2, -0.15) is 0 Å². The second kappa shape index (κ2) is 11.1. The van der Waals surface area contributed by atoms with Crippen LogP contribution in [0.25, 0.3) is 5.69 Å². The molecular weight excluding hydrogens is 544 g/mol. The maximum atomic E-state index is 11.7. The van der Waals surface area contributed by atoms with Crippen molar-refractivity contribution in [2.45, 2.75) is 32.9 Å². The molecule has 0 aliphatic carbocycles. The van der Waals surface area contributed by atoms with Crippen molar-refractivity contribution in [3.05, 3.63) is 137 Å². The topological polar surface area (TPSA) is 79.6 Å². The van der Waals surface area contributed by atoms with Gasteiger partial charge in [-0.3, -0.25) is 4.98 Å². The lowest BCUT2D eigenvalue weighted by Gasteiger charge is -2.28. The summed E-state index contributed by atoms with van der Waals surface area (Å²) in [5.41, 5.74) is 7.07. The van der Waals surface area contributed by atoms with E-state index in [0.29, 0.717) is 5.11 Å². The summed E-state index contributed by atoms with van der Waals surface area (Å²) in [7, 11) is 0. The summed E-state index contributed by atoms with van der Waals surface area (Å²) < 4.78 is 8.16. The highest BCUT2D eigenvalue weighted by molar-refractivity contribution is 7.80. The largest absolute Gasteiger partial charge is 0.478 e. The third-order valence-electron chi connectivity index (χ3n) is 7.61. The number of carboxylic acids is 1. The molecule has 0 spiro atoms. The number of benzene rings is 3. The molecule has 8 heteroatoms.